The first-order valence-corrected chi connectivity index (χ1v) is 6.31. The lowest BCUT2D eigenvalue weighted by Crippen LogP contribution is -2.01. The van der Waals surface area contributed by atoms with Crippen molar-refractivity contribution < 1.29 is 4.74 Å². The molecule has 0 aliphatic carbocycles. The number of aromatic nitrogens is 2. The Balaban J connectivity index is 2.31. The topological polar surface area (TPSA) is 47.0 Å². The maximum Gasteiger partial charge on any atom is 0.232 e. The zero-order chi connectivity index (χ0) is 13.1. The predicted octanol–water partition coefficient (Wildman–Crippen LogP) is 3.61. The highest BCUT2D eigenvalue weighted by Gasteiger charge is 2.07. The molecule has 1 heterocycles. The van der Waals surface area contributed by atoms with Crippen LogP contribution in [0.5, 0.6) is 5.88 Å². The largest absolute Gasteiger partial charge is 0.480 e. The van der Waals surface area contributed by atoms with Gasteiger partial charge in [-0.05, 0) is 47.0 Å². The summed E-state index contributed by atoms with van der Waals surface area (Å²) in [6, 6.07) is 6.07. The van der Waals surface area contributed by atoms with E-state index in [9.17, 15) is 0 Å². The second kappa shape index (κ2) is 5.35. The van der Waals surface area contributed by atoms with Crippen LogP contribution in [0.25, 0.3) is 0 Å². The van der Waals surface area contributed by atoms with E-state index >= 15 is 0 Å². The van der Waals surface area contributed by atoms with E-state index in [0.29, 0.717) is 11.8 Å². The van der Waals surface area contributed by atoms with Gasteiger partial charge in [0.05, 0.1) is 17.8 Å². The first-order valence-electron chi connectivity index (χ1n) is 5.51. The lowest BCUT2D eigenvalue weighted by Gasteiger charge is -2.11. The van der Waals surface area contributed by atoms with E-state index < -0.39 is 0 Å². The molecule has 2 rings (SSSR count). The van der Waals surface area contributed by atoms with Gasteiger partial charge < -0.3 is 10.1 Å². The van der Waals surface area contributed by atoms with Gasteiger partial charge in [-0.2, -0.15) is 4.98 Å². The van der Waals surface area contributed by atoms with Gasteiger partial charge in [0.2, 0.25) is 11.8 Å². The molecule has 0 aliphatic rings. The van der Waals surface area contributed by atoms with E-state index in [-0.39, 0.29) is 0 Å². The number of aryl methyl sites for hydroxylation is 1. The number of nitrogens with zero attached hydrogens (tertiary/aromatic N) is 2. The first kappa shape index (κ1) is 12.8. The molecule has 0 saturated carbocycles. The van der Waals surface area contributed by atoms with Crippen LogP contribution in [0.2, 0.25) is 0 Å². The molecule has 0 fully saturated rings. The van der Waals surface area contributed by atoms with Crippen LogP contribution in [0, 0.1) is 13.8 Å². The minimum absolute atomic E-state index is 0.512. The summed E-state index contributed by atoms with van der Waals surface area (Å²) in [4.78, 5) is 8.47. The third-order valence-corrected chi connectivity index (χ3v) is 3.30. The molecule has 0 bridgehead atoms. The number of benzene rings is 1. The number of hydrogen-bond acceptors (Lipinski definition) is 4. The summed E-state index contributed by atoms with van der Waals surface area (Å²) >= 11 is 3.32. The number of methoxy groups -OCH3 is 1. The summed E-state index contributed by atoms with van der Waals surface area (Å²) in [5, 5.41) is 3.19. The van der Waals surface area contributed by atoms with Gasteiger partial charge in [0.15, 0.2) is 0 Å². The first-order chi connectivity index (χ1) is 8.61. The van der Waals surface area contributed by atoms with E-state index in [1.807, 2.05) is 12.1 Å². The second-order valence-corrected chi connectivity index (χ2v) is 4.78. The van der Waals surface area contributed by atoms with Gasteiger partial charge in [0, 0.05) is 5.69 Å². The Bertz CT molecular complexity index is 572. The van der Waals surface area contributed by atoms with Gasteiger partial charge >= 0.3 is 0 Å². The van der Waals surface area contributed by atoms with Gasteiger partial charge in [0.1, 0.15) is 0 Å². The number of nitrogens with one attached hydrogen (secondary N) is 1. The minimum atomic E-state index is 0.512. The second-order valence-electron chi connectivity index (χ2n) is 3.92. The minimum Gasteiger partial charge on any atom is -0.480 e. The van der Waals surface area contributed by atoms with E-state index in [2.05, 4.69) is 51.1 Å². The van der Waals surface area contributed by atoms with Crippen molar-refractivity contribution in [3.05, 3.63) is 40.0 Å². The average Bonchev–Trinajstić information content (AvgIpc) is 2.37. The molecule has 0 saturated heterocycles. The maximum atomic E-state index is 5.14. The molecule has 94 valence electrons. The van der Waals surface area contributed by atoms with E-state index in [0.717, 1.165) is 10.2 Å². The molecule has 0 atom stereocenters. The van der Waals surface area contributed by atoms with E-state index in [4.69, 9.17) is 4.74 Å². The van der Waals surface area contributed by atoms with Crippen molar-refractivity contribution in [1.82, 2.24) is 9.97 Å². The summed E-state index contributed by atoms with van der Waals surface area (Å²) < 4.78 is 5.87. The van der Waals surface area contributed by atoms with Gasteiger partial charge in [-0.15, -0.1) is 0 Å². The van der Waals surface area contributed by atoms with Gasteiger partial charge in [-0.1, -0.05) is 12.1 Å². The summed E-state index contributed by atoms with van der Waals surface area (Å²) in [5.41, 5.74) is 3.41. The Morgan fingerprint density at radius 1 is 1.28 bits per heavy atom. The number of anilines is 2. The van der Waals surface area contributed by atoms with Crippen molar-refractivity contribution in [1.29, 1.82) is 0 Å². The fraction of sp³-hybridized carbons (Fsp3) is 0.231. The average molecular weight is 308 g/mol. The van der Waals surface area contributed by atoms with Crippen molar-refractivity contribution in [2.45, 2.75) is 13.8 Å². The molecule has 0 aliphatic heterocycles. The molecular formula is C13H14BrN3O. The third-order valence-electron chi connectivity index (χ3n) is 2.76. The molecule has 1 aromatic carbocycles. The number of halogens is 1. The Morgan fingerprint density at radius 2 is 2.06 bits per heavy atom. The van der Waals surface area contributed by atoms with Crippen molar-refractivity contribution in [2.75, 3.05) is 12.4 Å². The van der Waals surface area contributed by atoms with Crippen LogP contribution in [0.4, 0.5) is 11.6 Å². The molecule has 1 N–H and O–H groups in total. The quantitative estimate of drug-likeness (QED) is 0.941. The molecular weight excluding hydrogens is 294 g/mol. The summed E-state index contributed by atoms with van der Waals surface area (Å²) in [7, 11) is 1.58. The number of hydrogen-bond donors (Lipinski definition) is 1. The molecule has 18 heavy (non-hydrogen) atoms. The van der Waals surface area contributed by atoms with Crippen molar-refractivity contribution in [2.24, 2.45) is 0 Å². The molecule has 2 aromatic rings. The summed E-state index contributed by atoms with van der Waals surface area (Å²) in [5.74, 6) is 1.03. The molecule has 0 amide bonds. The Morgan fingerprint density at radius 3 is 2.78 bits per heavy atom. The lowest BCUT2D eigenvalue weighted by molar-refractivity contribution is 0.394. The van der Waals surface area contributed by atoms with Crippen LogP contribution >= 0.6 is 15.9 Å². The molecule has 0 radical (unpaired) electrons. The smallest absolute Gasteiger partial charge is 0.232 e. The Kier molecular flexibility index (Phi) is 3.81. The fourth-order valence-corrected chi connectivity index (χ4v) is 1.91. The van der Waals surface area contributed by atoms with Gasteiger partial charge in [-0.3, -0.25) is 0 Å². The molecule has 0 unspecified atom stereocenters. The van der Waals surface area contributed by atoms with Crippen LogP contribution in [-0.4, -0.2) is 17.1 Å². The fourth-order valence-electron chi connectivity index (χ4n) is 1.56. The highest BCUT2D eigenvalue weighted by atomic mass is 79.9. The van der Waals surface area contributed by atoms with Crippen LogP contribution in [0.15, 0.2) is 28.9 Å². The molecule has 4 nitrogen and oxygen atoms in total. The normalized spacial score (nSPS) is 10.2. The Hall–Kier alpha value is -1.62. The monoisotopic (exact) mass is 307 g/mol. The van der Waals surface area contributed by atoms with Crippen molar-refractivity contribution in [3.8, 4) is 5.88 Å². The van der Waals surface area contributed by atoms with Crippen LogP contribution in [0.1, 0.15) is 11.1 Å². The number of rotatable bonds is 3. The molecule has 1 aromatic heterocycles. The van der Waals surface area contributed by atoms with Crippen LogP contribution < -0.4 is 10.1 Å². The van der Waals surface area contributed by atoms with Crippen molar-refractivity contribution >= 4 is 27.6 Å². The highest BCUT2D eigenvalue weighted by molar-refractivity contribution is 9.10. The highest BCUT2D eigenvalue weighted by Crippen LogP contribution is 2.25. The summed E-state index contributed by atoms with van der Waals surface area (Å²) in [6.07, 6.45) is 1.67. The van der Waals surface area contributed by atoms with Crippen LogP contribution in [-0.2, 0) is 0 Å². The van der Waals surface area contributed by atoms with Crippen molar-refractivity contribution in [3.63, 3.8) is 0 Å². The number of ether oxygens (including phenoxy) is 1. The maximum absolute atomic E-state index is 5.14. The molecule has 0 spiro atoms. The van der Waals surface area contributed by atoms with Gasteiger partial charge in [-0.25, -0.2) is 4.98 Å². The van der Waals surface area contributed by atoms with Crippen LogP contribution in [0.3, 0.4) is 0 Å². The predicted molar refractivity (Wildman–Crippen MR) is 75.5 cm³/mol. The van der Waals surface area contributed by atoms with E-state index in [1.165, 1.54) is 11.1 Å². The van der Waals surface area contributed by atoms with Gasteiger partial charge in [0.25, 0.3) is 0 Å². The summed E-state index contributed by atoms with van der Waals surface area (Å²) in [6.45, 7) is 4.14. The zero-order valence-electron chi connectivity index (χ0n) is 10.5. The third kappa shape index (κ3) is 2.61. The molecule has 5 heteroatoms. The Labute approximate surface area is 115 Å². The van der Waals surface area contributed by atoms with E-state index in [1.54, 1.807) is 13.3 Å². The zero-order valence-corrected chi connectivity index (χ0v) is 12.1. The SMILES string of the molecule is COc1nc(Nc2cccc(C)c2C)ncc1Br. The standard InChI is InChI=1S/C13H14BrN3O/c1-8-5-4-6-11(9(8)2)16-13-15-7-10(14)12(17-13)18-3/h4-7H,1-3H3,(H,15,16,17). The lowest BCUT2D eigenvalue weighted by atomic mass is 10.1.